The Kier molecular flexibility index (Phi) is 5.00. The average Bonchev–Trinajstić information content (AvgIpc) is 3.10. The Bertz CT molecular complexity index is 1030. The molecule has 7 nitrogen and oxygen atoms in total. The summed E-state index contributed by atoms with van der Waals surface area (Å²) in [5, 5.41) is 10.6. The predicted molar refractivity (Wildman–Crippen MR) is 98.0 cm³/mol. The van der Waals surface area contributed by atoms with Crippen molar-refractivity contribution < 1.29 is 9.53 Å². The molecule has 132 valence electrons. The molecule has 0 bridgehead atoms. The molecule has 8 heteroatoms. The maximum Gasteiger partial charge on any atom is 0.268 e. The monoisotopic (exact) mass is 368 g/mol. The minimum absolute atomic E-state index is 0.168. The number of rotatable bonds is 5. The van der Waals surface area contributed by atoms with Crippen LogP contribution in [0.1, 0.15) is 18.3 Å². The second-order valence-electron chi connectivity index (χ2n) is 5.74. The van der Waals surface area contributed by atoms with Gasteiger partial charge in [-0.15, -0.1) is 11.3 Å². The van der Waals surface area contributed by atoms with Crippen molar-refractivity contribution in [3.63, 3.8) is 0 Å². The van der Waals surface area contributed by atoms with E-state index in [-0.39, 0.29) is 18.0 Å². The molecule has 0 aliphatic carbocycles. The molecule has 1 atom stereocenters. The van der Waals surface area contributed by atoms with Gasteiger partial charge in [0.05, 0.1) is 23.7 Å². The molecule has 2 heterocycles. The number of nitrogens with zero attached hydrogens (tertiary/aromatic N) is 3. The zero-order chi connectivity index (χ0) is 18.7. The molecule has 0 aliphatic heterocycles. The Balaban J connectivity index is 1.67. The number of aromatic nitrogens is 2. The molecule has 2 aromatic heterocycles. The van der Waals surface area contributed by atoms with Crippen LogP contribution < -0.4 is 10.3 Å². The number of ether oxygens (including phenoxy) is 1. The Morgan fingerprint density at radius 2 is 2.12 bits per heavy atom. The molecule has 1 N–H and O–H groups in total. The van der Waals surface area contributed by atoms with E-state index in [0.717, 1.165) is 0 Å². The largest absolute Gasteiger partial charge is 0.481 e. The standard InChI is InChI=1S/C18H16N4O3S/c1-11(25-13-5-3-12(9-19)4-6-13)18(24)22(2)10-15-20-14-7-8-26-16(14)17(23)21-15/h3-8,11H,10H2,1-2H3,(H,20,21,23)/t11-/m1/s1. The van der Waals surface area contributed by atoms with Gasteiger partial charge in [0.15, 0.2) is 6.10 Å². The zero-order valence-electron chi connectivity index (χ0n) is 14.2. The first-order valence-corrected chi connectivity index (χ1v) is 8.74. The molecule has 0 radical (unpaired) electrons. The van der Waals surface area contributed by atoms with Crippen molar-refractivity contribution in [1.82, 2.24) is 14.9 Å². The molecular formula is C18H16N4O3S. The summed E-state index contributed by atoms with van der Waals surface area (Å²) in [6.07, 6.45) is -0.718. The van der Waals surface area contributed by atoms with Crippen LogP contribution >= 0.6 is 11.3 Å². The van der Waals surface area contributed by atoms with Crippen molar-refractivity contribution in [3.8, 4) is 11.8 Å². The molecular weight excluding hydrogens is 352 g/mol. The van der Waals surface area contributed by atoms with Gasteiger partial charge in [0, 0.05) is 7.05 Å². The maximum absolute atomic E-state index is 12.5. The second-order valence-corrected chi connectivity index (χ2v) is 6.65. The number of carbonyl (C=O) groups is 1. The number of nitriles is 1. The van der Waals surface area contributed by atoms with Gasteiger partial charge < -0.3 is 14.6 Å². The molecule has 0 unspecified atom stereocenters. The average molecular weight is 368 g/mol. The fourth-order valence-corrected chi connectivity index (χ4v) is 3.20. The van der Waals surface area contributed by atoms with E-state index in [9.17, 15) is 9.59 Å². The molecule has 1 aromatic carbocycles. The first-order valence-electron chi connectivity index (χ1n) is 7.86. The summed E-state index contributed by atoms with van der Waals surface area (Å²) in [7, 11) is 1.62. The first kappa shape index (κ1) is 17.6. The van der Waals surface area contributed by atoms with E-state index in [1.807, 2.05) is 6.07 Å². The van der Waals surface area contributed by atoms with Gasteiger partial charge in [-0.2, -0.15) is 5.26 Å². The Morgan fingerprint density at radius 1 is 1.38 bits per heavy atom. The van der Waals surface area contributed by atoms with E-state index in [0.29, 0.717) is 27.4 Å². The smallest absolute Gasteiger partial charge is 0.268 e. The van der Waals surface area contributed by atoms with Crippen LogP contribution in [0.25, 0.3) is 10.2 Å². The topological polar surface area (TPSA) is 99.1 Å². The normalized spacial score (nSPS) is 11.7. The third-order valence-electron chi connectivity index (χ3n) is 3.77. The minimum Gasteiger partial charge on any atom is -0.481 e. The van der Waals surface area contributed by atoms with E-state index >= 15 is 0 Å². The van der Waals surface area contributed by atoms with Gasteiger partial charge >= 0.3 is 0 Å². The van der Waals surface area contributed by atoms with E-state index in [4.69, 9.17) is 10.00 Å². The molecule has 26 heavy (non-hydrogen) atoms. The number of aromatic amines is 1. The van der Waals surface area contributed by atoms with Crippen molar-refractivity contribution in [2.45, 2.75) is 19.6 Å². The molecule has 0 saturated heterocycles. The molecule has 0 spiro atoms. The van der Waals surface area contributed by atoms with Crippen LogP contribution in [0.4, 0.5) is 0 Å². The number of fused-ring (bicyclic) bond motifs is 1. The van der Waals surface area contributed by atoms with E-state index in [2.05, 4.69) is 9.97 Å². The number of H-pyrrole nitrogens is 1. The lowest BCUT2D eigenvalue weighted by Gasteiger charge is -2.21. The van der Waals surface area contributed by atoms with Gasteiger partial charge in [-0.25, -0.2) is 4.98 Å². The highest BCUT2D eigenvalue weighted by Crippen LogP contribution is 2.16. The summed E-state index contributed by atoms with van der Waals surface area (Å²) in [5.74, 6) is 0.675. The highest BCUT2D eigenvalue weighted by Gasteiger charge is 2.20. The van der Waals surface area contributed by atoms with Gasteiger partial charge in [0.2, 0.25) is 0 Å². The summed E-state index contributed by atoms with van der Waals surface area (Å²) >= 11 is 1.33. The summed E-state index contributed by atoms with van der Waals surface area (Å²) in [6.45, 7) is 1.82. The number of thiophene rings is 1. The van der Waals surface area contributed by atoms with Crippen LogP contribution in [0.3, 0.4) is 0 Å². The fourth-order valence-electron chi connectivity index (χ4n) is 2.47. The van der Waals surface area contributed by atoms with Gasteiger partial charge in [0.1, 0.15) is 16.3 Å². The lowest BCUT2D eigenvalue weighted by Crippen LogP contribution is -2.38. The number of benzene rings is 1. The Labute approximate surface area is 153 Å². The van der Waals surface area contributed by atoms with Crippen LogP contribution in [0.15, 0.2) is 40.5 Å². The van der Waals surface area contributed by atoms with Gasteiger partial charge in [-0.3, -0.25) is 9.59 Å². The van der Waals surface area contributed by atoms with Crippen molar-refractivity contribution in [2.75, 3.05) is 7.05 Å². The van der Waals surface area contributed by atoms with Crippen LogP contribution in [-0.2, 0) is 11.3 Å². The van der Waals surface area contributed by atoms with Crippen molar-refractivity contribution in [1.29, 1.82) is 5.26 Å². The first-order chi connectivity index (χ1) is 12.5. The van der Waals surface area contributed by atoms with E-state index in [1.165, 1.54) is 16.2 Å². The fraction of sp³-hybridized carbons (Fsp3) is 0.222. The van der Waals surface area contributed by atoms with Gasteiger partial charge in [0.25, 0.3) is 11.5 Å². The quantitative estimate of drug-likeness (QED) is 0.745. The van der Waals surface area contributed by atoms with Gasteiger partial charge in [-0.1, -0.05) is 0 Å². The zero-order valence-corrected chi connectivity index (χ0v) is 15.0. The summed E-state index contributed by atoms with van der Waals surface area (Å²) in [4.78, 5) is 33.0. The van der Waals surface area contributed by atoms with Crippen molar-refractivity contribution >= 4 is 27.5 Å². The third-order valence-corrected chi connectivity index (χ3v) is 4.67. The lowest BCUT2D eigenvalue weighted by molar-refractivity contribution is -0.137. The Hall–Kier alpha value is -3.18. The summed E-state index contributed by atoms with van der Waals surface area (Å²) < 4.78 is 6.19. The number of hydrogen-bond donors (Lipinski definition) is 1. The number of amides is 1. The number of likely N-dealkylation sites (N-methyl/N-ethyl adjacent to an activating group) is 1. The maximum atomic E-state index is 12.5. The molecule has 0 aliphatic rings. The van der Waals surface area contributed by atoms with E-state index in [1.54, 1.807) is 49.7 Å². The summed E-state index contributed by atoms with van der Waals surface area (Å²) in [6, 6.07) is 10.3. The number of hydrogen-bond acceptors (Lipinski definition) is 6. The Morgan fingerprint density at radius 3 is 2.81 bits per heavy atom. The number of carbonyl (C=O) groups excluding carboxylic acids is 1. The van der Waals surface area contributed by atoms with Crippen molar-refractivity contribution in [3.05, 3.63) is 57.5 Å². The second kappa shape index (κ2) is 7.37. The van der Waals surface area contributed by atoms with Crippen LogP contribution in [0, 0.1) is 11.3 Å². The lowest BCUT2D eigenvalue weighted by atomic mass is 10.2. The van der Waals surface area contributed by atoms with E-state index < -0.39 is 6.10 Å². The van der Waals surface area contributed by atoms with Crippen LogP contribution in [-0.4, -0.2) is 33.9 Å². The number of nitrogens with one attached hydrogen (secondary N) is 1. The highest BCUT2D eigenvalue weighted by molar-refractivity contribution is 7.17. The molecule has 3 aromatic rings. The SMILES string of the molecule is C[C@@H](Oc1ccc(C#N)cc1)C(=O)N(C)Cc1nc2ccsc2c(=O)[nH]1. The molecule has 0 fully saturated rings. The van der Waals surface area contributed by atoms with Crippen LogP contribution in [0.2, 0.25) is 0 Å². The molecule has 3 rings (SSSR count). The highest BCUT2D eigenvalue weighted by atomic mass is 32.1. The predicted octanol–water partition coefficient (Wildman–Crippen LogP) is 2.28. The molecule has 0 saturated carbocycles. The van der Waals surface area contributed by atoms with Crippen LogP contribution in [0.5, 0.6) is 5.75 Å². The minimum atomic E-state index is -0.718. The third kappa shape index (κ3) is 3.73. The molecule has 1 amide bonds. The van der Waals surface area contributed by atoms with Crippen molar-refractivity contribution in [2.24, 2.45) is 0 Å². The van der Waals surface area contributed by atoms with Gasteiger partial charge in [-0.05, 0) is 42.6 Å². The summed E-state index contributed by atoms with van der Waals surface area (Å²) in [5.41, 5.74) is 0.937.